The van der Waals surface area contributed by atoms with E-state index in [0.717, 1.165) is 19.4 Å². The Hall–Kier alpha value is -3.34. The van der Waals surface area contributed by atoms with E-state index in [4.69, 9.17) is 0 Å². The number of nitrogens with zero attached hydrogens (tertiary/aromatic N) is 4. The third kappa shape index (κ3) is 4.55. The summed E-state index contributed by atoms with van der Waals surface area (Å²) in [4.78, 5) is 47.8. The number of nitrogens with one attached hydrogen (secondary N) is 2. The number of fused-ring (bicyclic) bond motifs is 1. The van der Waals surface area contributed by atoms with Crippen LogP contribution in [-0.4, -0.2) is 46.5 Å². The van der Waals surface area contributed by atoms with E-state index in [0.29, 0.717) is 27.7 Å². The number of amides is 2. The summed E-state index contributed by atoms with van der Waals surface area (Å²) in [7, 11) is 1.62. The molecule has 1 aliphatic heterocycles. The highest BCUT2D eigenvalue weighted by atomic mass is 32.1. The van der Waals surface area contributed by atoms with Crippen molar-refractivity contribution in [3.05, 3.63) is 46.8 Å². The standard InChI is InChI=1S/C20H21FN6O3S/c1-22-18(29)12-3-2-8-26(9-12)20-25-17-16(31-20)19(30)27(11-23-17)10-15(28)24-14-6-4-13(21)5-7-14/h4-7,11-12H,2-3,8-10H2,1H3,(H,22,29)(H,24,28)/t12-/m1/s1. The maximum Gasteiger partial charge on any atom is 0.273 e. The highest BCUT2D eigenvalue weighted by Crippen LogP contribution is 2.29. The number of rotatable bonds is 5. The Morgan fingerprint density at radius 1 is 1.29 bits per heavy atom. The molecule has 0 bridgehead atoms. The van der Waals surface area contributed by atoms with Crippen LogP contribution >= 0.6 is 11.3 Å². The Bertz CT molecular complexity index is 1180. The number of hydrogen-bond donors (Lipinski definition) is 2. The molecule has 3 aromatic rings. The van der Waals surface area contributed by atoms with Gasteiger partial charge in [0.25, 0.3) is 5.56 Å². The molecule has 3 heterocycles. The number of carbonyl (C=O) groups excluding carboxylic acids is 2. The van der Waals surface area contributed by atoms with Crippen molar-refractivity contribution in [2.24, 2.45) is 5.92 Å². The number of piperidine rings is 1. The number of aromatic nitrogens is 3. The molecule has 1 aromatic carbocycles. The van der Waals surface area contributed by atoms with Gasteiger partial charge in [-0.25, -0.2) is 9.37 Å². The van der Waals surface area contributed by atoms with E-state index in [-0.39, 0.29) is 23.9 Å². The van der Waals surface area contributed by atoms with Crippen LogP contribution in [-0.2, 0) is 16.1 Å². The van der Waals surface area contributed by atoms with Crippen molar-refractivity contribution in [2.75, 3.05) is 30.4 Å². The quantitative estimate of drug-likeness (QED) is 0.619. The molecule has 1 aliphatic rings. The zero-order chi connectivity index (χ0) is 22.0. The molecule has 0 unspecified atom stereocenters. The Morgan fingerprint density at radius 3 is 2.81 bits per heavy atom. The molecule has 1 fully saturated rings. The van der Waals surface area contributed by atoms with Crippen LogP contribution in [0.1, 0.15) is 12.8 Å². The van der Waals surface area contributed by atoms with Gasteiger partial charge < -0.3 is 15.5 Å². The third-order valence-electron chi connectivity index (χ3n) is 5.12. The summed E-state index contributed by atoms with van der Waals surface area (Å²) >= 11 is 1.21. The van der Waals surface area contributed by atoms with Crippen molar-refractivity contribution < 1.29 is 14.0 Å². The smallest absolute Gasteiger partial charge is 0.273 e. The molecule has 0 radical (unpaired) electrons. The van der Waals surface area contributed by atoms with E-state index >= 15 is 0 Å². The lowest BCUT2D eigenvalue weighted by molar-refractivity contribution is -0.124. The van der Waals surface area contributed by atoms with Crippen LogP contribution in [0.2, 0.25) is 0 Å². The van der Waals surface area contributed by atoms with E-state index in [1.165, 1.54) is 46.5 Å². The number of halogens is 1. The van der Waals surface area contributed by atoms with Gasteiger partial charge in [-0.05, 0) is 37.1 Å². The topological polar surface area (TPSA) is 109 Å². The Labute approximate surface area is 180 Å². The van der Waals surface area contributed by atoms with Crippen LogP contribution in [0, 0.1) is 11.7 Å². The molecule has 4 rings (SSSR count). The second-order valence-corrected chi connectivity index (χ2v) is 8.26. The Morgan fingerprint density at radius 2 is 2.06 bits per heavy atom. The zero-order valence-electron chi connectivity index (χ0n) is 16.8. The highest BCUT2D eigenvalue weighted by Gasteiger charge is 2.27. The number of anilines is 2. The minimum absolute atomic E-state index is 0.00143. The fourth-order valence-electron chi connectivity index (χ4n) is 3.54. The van der Waals surface area contributed by atoms with E-state index in [1.807, 2.05) is 4.90 Å². The van der Waals surface area contributed by atoms with Gasteiger partial charge in [0, 0.05) is 25.8 Å². The Kier molecular flexibility index (Phi) is 5.94. The van der Waals surface area contributed by atoms with E-state index in [1.54, 1.807) is 7.05 Å². The van der Waals surface area contributed by atoms with E-state index < -0.39 is 11.7 Å². The van der Waals surface area contributed by atoms with Crippen molar-refractivity contribution in [1.29, 1.82) is 0 Å². The molecule has 9 nitrogen and oxygen atoms in total. The second-order valence-electron chi connectivity index (χ2n) is 7.28. The van der Waals surface area contributed by atoms with Gasteiger partial charge >= 0.3 is 0 Å². The minimum atomic E-state index is -0.427. The first-order chi connectivity index (χ1) is 14.9. The predicted octanol–water partition coefficient (Wildman–Crippen LogP) is 1.59. The van der Waals surface area contributed by atoms with Crippen LogP contribution in [0.4, 0.5) is 15.2 Å². The van der Waals surface area contributed by atoms with E-state index in [9.17, 15) is 18.8 Å². The van der Waals surface area contributed by atoms with Crippen LogP contribution in [0.3, 0.4) is 0 Å². The molecule has 2 amide bonds. The molecule has 0 spiro atoms. The molecule has 2 N–H and O–H groups in total. The lowest BCUT2D eigenvalue weighted by atomic mass is 9.98. The molecule has 1 saturated heterocycles. The lowest BCUT2D eigenvalue weighted by Gasteiger charge is -2.31. The van der Waals surface area contributed by atoms with Gasteiger partial charge in [0.05, 0.1) is 5.92 Å². The van der Waals surface area contributed by atoms with Gasteiger partial charge in [-0.2, -0.15) is 4.98 Å². The number of benzene rings is 1. The number of hydrogen-bond acceptors (Lipinski definition) is 7. The largest absolute Gasteiger partial charge is 0.359 e. The van der Waals surface area contributed by atoms with Crippen LogP contribution in [0.25, 0.3) is 10.3 Å². The van der Waals surface area contributed by atoms with Crippen molar-refractivity contribution in [3.63, 3.8) is 0 Å². The summed E-state index contributed by atoms with van der Waals surface area (Å²) in [5.41, 5.74) is 0.398. The van der Waals surface area contributed by atoms with Gasteiger partial charge in [0.2, 0.25) is 11.8 Å². The number of carbonyl (C=O) groups is 2. The third-order valence-corrected chi connectivity index (χ3v) is 6.22. The first kappa shape index (κ1) is 20.9. The fraction of sp³-hybridized carbons (Fsp3) is 0.350. The van der Waals surface area contributed by atoms with Crippen molar-refractivity contribution >= 4 is 44.3 Å². The normalized spacial score (nSPS) is 16.3. The monoisotopic (exact) mass is 444 g/mol. The molecule has 31 heavy (non-hydrogen) atoms. The Balaban J connectivity index is 1.51. The maximum absolute atomic E-state index is 13.0. The number of thiazole rings is 1. The van der Waals surface area contributed by atoms with Gasteiger partial charge in [-0.3, -0.25) is 19.0 Å². The van der Waals surface area contributed by atoms with Gasteiger partial charge in [0.1, 0.15) is 23.4 Å². The summed E-state index contributed by atoms with van der Waals surface area (Å²) in [6.45, 7) is 1.06. The SMILES string of the molecule is CNC(=O)[C@@H]1CCCN(c2nc3ncn(CC(=O)Nc4ccc(F)cc4)c(=O)c3s2)C1. The van der Waals surface area contributed by atoms with Crippen LogP contribution in [0.15, 0.2) is 35.4 Å². The summed E-state index contributed by atoms with van der Waals surface area (Å²) in [6, 6.07) is 5.36. The molecule has 11 heteroatoms. The van der Waals surface area contributed by atoms with Crippen molar-refractivity contribution in [1.82, 2.24) is 19.9 Å². The summed E-state index contributed by atoms with van der Waals surface area (Å²) in [6.07, 6.45) is 2.96. The summed E-state index contributed by atoms with van der Waals surface area (Å²) in [5, 5.41) is 5.94. The van der Waals surface area contributed by atoms with Gasteiger partial charge in [-0.1, -0.05) is 11.3 Å². The van der Waals surface area contributed by atoms with Crippen molar-refractivity contribution in [3.8, 4) is 0 Å². The highest BCUT2D eigenvalue weighted by molar-refractivity contribution is 7.22. The van der Waals surface area contributed by atoms with Gasteiger partial charge in [-0.15, -0.1) is 0 Å². The second kappa shape index (κ2) is 8.80. The van der Waals surface area contributed by atoms with E-state index in [2.05, 4.69) is 20.6 Å². The molecule has 162 valence electrons. The zero-order valence-corrected chi connectivity index (χ0v) is 17.6. The summed E-state index contributed by atoms with van der Waals surface area (Å²) in [5.74, 6) is -0.951. The summed E-state index contributed by atoms with van der Waals surface area (Å²) < 4.78 is 14.6. The molecule has 1 atom stereocenters. The fourth-order valence-corrected chi connectivity index (χ4v) is 4.54. The van der Waals surface area contributed by atoms with Crippen LogP contribution < -0.4 is 21.1 Å². The molecule has 0 saturated carbocycles. The minimum Gasteiger partial charge on any atom is -0.359 e. The van der Waals surface area contributed by atoms with Crippen molar-refractivity contribution in [2.45, 2.75) is 19.4 Å². The predicted molar refractivity (Wildman–Crippen MR) is 116 cm³/mol. The van der Waals surface area contributed by atoms with Crippen LogP contribution in [0.5, 0.6) is 0 Å². The molecule has 2 aromatic heterocycles. The molecular formula is C20H21FN6O3S. The first-order valence-electron chi connectivity index (χ1n) is 9.82. The average Bonchev–Trinajstić information content (AvgIpc) is 3.22. The average molecular weight is 444 g/mol. The lowest BCUT2D eigenvalue weighted by Crippen LogP contribution is -2.42. The molecule has 0 aliphatic carbocycles. The maximum atomic E-state index is 13.0. The first-order valence-corrected chi connectivity index (χ1v) is 10.6. The molecular weight excluding hydrogens is 423 g/mol. The van der Waals surface area contributed by atoms with Gasteiger partial charge in [0.15, 0.2) is 10.8 Å².